The van der Waals surface area contributed by atoms with Crippen LogP contribution in [-0.2, 0) is 16.0 Å². The number of aliphatic imine (C=N–C) groups is 1. The van der Waals surface area contributed by atoms with E-state index < -0.39 is 0 Å². The first-order valence-electron chi connectivity index (χ1n) is 8.37. The van der Waals surface area contributed by atoms with Crippen molar-refractivity contribution in [3.8, 4) is 0 Å². The Balaban J connectivity index is 1.40. The molecule has 25 heavy (non-hydrogen) atoms. The standard InChI is InChI=1S/C17H18N4O2S2/c22-14-8-4-10-21-16(18-14)25-17(19-21)24-11-15(23)20-9-3-6-12-5-1-2-7-13(12)20/h1-2,5,7H,3-4,6,8-11H2. The van der Waals surface area contributed by atoms with E-state index in [4.69, 9.17) is 0 Å². The van der Waals surface area contributed by atoms with Gasteiger partial charge < -0.3 is 4.90 Å². The van der Waals surface area contributed by atoms with Gasteiger partial charge in [0.05, 0.1) is 5.75 Å². The molecular weight excluding hydrogens is 356 g/mol. The van der Waals surface area contributed by atoms with Gasteiger partial charge in [-0.3, -0.25) is 9.59 Å². The Kier molecular flexibility index (Phi) is 4.80. The van der Waals surface area contributed by atoms with Gasteiger partial charge in [0.15, 0.2) is 9.54 Å². The number of rotatable bonds is 2. The number of amidine groups is 1. The number of aryl methyl sites for hydroxylation is 1. The highest BCUT2D eigenvalue weighted by atomic mass is 32.2. The summed E-state index contributed by atoms with van der Waals surface area (Å²) in [5.74, 6) is 0.350. The number of benzene rings is 1. The molecule has 6 nitrogen and oxygen atoms in total. The summed E-state index contributed by atoms with van der Waals surface area (Å²) >= 11 is 2.81. The van der Waals surface area contributed by atoms with Gasteiger partial charge in [-0.2, -0.15) is 10.1 Å². The zero-order chi connectivity index (χ0) is 17.2. The number of carbonyl (C=O) groups is 2. The number of fused-ring (bicyclic) bond motifs is 2. The predicted molar refractivity (Wildman–Crippen MR) is 103 cm³/mol. The van der Waals surface area contributed by atoms with Crippen LogP contribution in [-0.4, -0.2) is 45.2 Å². The topological polar surface area (TPSA) is 65.3 Å². The Morgan fingerprint density at radius 1 is 1.20 bits per heavy atom. The summed E-state index contributed by atoms with van der Waals surface area (Å²) in [6, 6.07) is 8.11. The molecule has 130 valence electrons. The van der Waals surface area contributed by atoms with Crippen LogP contribution >= 0.6 is 23.5 Å². The fourth-order valence-corrected chi connectivity index (χ4v) is 4.99. The van der Waals surface area contributed by atoms with E-state index in [2.05, 4.69) is 16.2 Å². The molecule has 0 spiro atoms. The van der Waals surface area contributed by atoms with Gasteiger partial charge in [0.25, 0.3) is 0 Å². The number of hydrogen-bond donors (Lipinski definition) is 0. The molecule has 0 aromatic heterocycles. The Bertz CT molecular complexity index is 778. The Morgan fingerprint density at radius 3 is 2.96 bits per heavy atom. The lowest BCUT2D eigenvalue weighted by molar-refractivity contribution is -0.118. The van der Waals surface area contributed by atoms with Crippen LogP contribution in [0.4, 0.5) is 5.69 Å². The van der Waals surface area contributed by atoms with Crippen molar-refractivity contribution in [1.29, 1.82) is 0 Å². The van der Waals surface area contributed by atoms with Crippen LogP contribution < -0.4 is 4.90 Å². The SMILES string of the molecule is O=C1CCCN2N=C(SCC(=O)N3CCCc4ccccc43)SC2=N1. The maximum absolute atomic E-state index is 12.7. The van der Waals surface area contributed by atoms with E-state index in [0.717, 1.165) is 35.9 Å². The van der Waals surface area contributed by atoms with Gasteiger partial charge in [-0.15, -0.1) is 0 Å². The minimum Gasteiger partial charge on any atom is -0.311 e. The van der Waals surface area contributed by atoms with E-state index in [1.54, 1.807) is 5.01 Å². The first-order valence-corrected chi connectivity index (χ1v) is 10.2. The molecule has 0 aliphatic carbocycles. The second-order valence-electron chi connectivity index (χ2n) is 6.05. The zero-order valence-electron chi connectivity index (χ0n) is 13.7. The van der Waals surface area contributed by atoms with Crippen molar-refractivity contribution < 1.29 is 9.59 Å². The Labute approximate surface area is 154 Å². The summed E-state index contributed by atoms with van der Waals surface area (Å²) in [4.78, 5) is 30.2. The fourth-order valence-electron chi connectivity index (χ4n) is 3.11. The lowest BCUT2D eigenvalue weighted by Gasteiger charge is -2.29. The second kappa shape index (κ2) is 7.21. The maximum Gasteiger partial charge on any atom is 0.248 e. The molecule has 1 aromatic carbocycles. The van der Waals surface area contributed by atoms with Crippen LogP contribution in [0.15, 0.2) is 34.4 Å². The molecule has 4 rings (SSSR count). The Hall–Kier alpha value is -1.80. The molecular formula is C17H18N4O2S2. The minimum atomic E-state index is -0.0903. The molecule has 3 aliphatic rings. The third-order valence-electron chi connectivity index (χ3n) is 4.31. The largest absolute Gasteiger partial charge is 0.311 e. The Morgan fingerprint density at radius 2 is 2.04 bits per heavy atom. The molecule has 0 N–H and O–H groups in total. The molecule has 8 heteroatoms. The van der Waals surface area contributed by atoms with Crippen molar-refractivity contribution in [2.24, 2.45) is 10.1 Å². The molecule has 0 saturated heterocycles. The van der Waals surface area contributed by atoms with Crippen LogP contribution in [0.1, 0.15) is 24.8 Å². The number of anilines is 1. The zero-order valence-corrected chi connectivity index (χ0v) is 15.3. The molecule has 0 saturated carbocycles. The van der Waals surface area contributed by atoms with Gasteiger partial charge in [0.1, 0.15) is 0 Å². The molecule has 2 amide bonds. The fraction of sp³-hybridized carbons (Fsp3) is 0.412. The highest BCUT2D eigenvalue weighted by molar-refractivity contribution is 8.45. The number of thioether (sulfide) groups is 2. The van der Waals surface area contributed by atoms with Crippen LogP contribution in [0.5, 0.6) is 0 Å². The van der Waals surface area contributed by atoms with Crippen molar-refractivity contribution >= 4 is 50.6 Å². The van der Waals surface area contributed by atoms with Gasteiger partial charge >= 0.3 is 0 Å². The van der Waals surface area contributed by atoms with E-state index in [1.165, 1.54) is 29.1 Å². The van der Waals surface area contributed by atoms with Crippen molar-refractivity contribution in [2.45, 2.75) is 25.7 Å². The van der Waals surface area contributed by atoms with E-state index in [1.807, 2.05) is 23.1 Å². The second-order valence-corrected chi connectivity index (χ2v) is 8.23. The lowest BCUT2D eigenvalue weighted by Crippen LogP contribution is -2.36. The van der Waals surface area contributed by atoms with Crippen molar-refractivity contribution in [1.82, 2.24) is 5.01 Å². The molecule has 0 unspecified atom stereocenters. The number of hydrazone groups is 1. The average molecular weight is 374 g/mol. The first kappa shape index (κ1) is 16.7. The van der Waals surface area contributed by atoms with E-state index in [9.17, 15) is 9.59 Å². The number of carbonyl (C=O) groups excluding carboxylic acids is 2. The highest BCUT2D eigenvalue weighted by Gasteiger charge is 2.28. The van der Waals surface area contributed by atoms with E-state index in [0.29, 0.717) is 23.9 Å². The smallest absolute Gasteiger partial charge is 0.248 e. The van der Waals surface area contributed by atoms with Gasteiger partial charge in [-0.25, -0.2) is 5.01 Å². The van der Waals surface area contributed by atoms with E-state index in [-0.39, 0.29) is 11.8 Å². The summed E-state index contributed by atoms with van der Waals surface area (Å²) in [7, 11) is 0. The minimum absolute atomic E-state index is 0.0903. The van der Waals surface area contributed by atoms with Crippen LogP contribution in [0.3, 0.4) is 0 Å². The third-order valence-corrected chi connectivity index (χ3v) is 6.38. The molecule has 3 aliphatic heterocycles. The highest BCUT2D eigenvalue weighted by Crippen LogP contribution is 2.31. The monoisotopic (exact) mass is 374 g/mol. The molecule has 1 aromatic rings. The van der Waals surface area contributed by atoms with Gasteiger partial charge in [0, 0.05) is 25.2 Å². The maximum atomic E-state index is 12.7. The number of amides is 2. The summed E-state index contributed by atoms with van der Waals surface area (Å²) in [6.45, 7) is 1.47. The van der Waals surface area contributed by atoms with Crippen molar-refractivity contribution in [3.63, 3.8) is 0 Å². The van der Waals surface area contributed by atoms with Crippen molar-refractivity contribution in [2.75, 3.05) is 23.7 Å². The number of para-hydroxylation sites is 1. The van der Waals surface area contributed by atoms with Crippen LogP contribution in [0, 0.1) is 0 Å². The summed E-state index contributed by atoms with van der Waals surface area (Å²) in [6.07, 6.45) is 3.26. The van der Waals surface area contributed by atoms with E-state index >= 15 is 0 Å². The molecule has 3 heterocycles. The predicted octanol–water partition coefficient (Wildman–Crippen LogP) is 2.70. The van der Waals surface area contributed by atoms with Crippen LogP contribution in [0.2, 0.25) is 0 Å². The molecule has 0 fully saturated rings. The summed E-state index contributed by atoms with van der Waals surface area (Å²) < 4.78 is 0.784. The normalized spacial score (nSPS) is 19.8. The molecule has 0 bridgehead atoms. The quantitative estimate of drug-likeness (QED) is 0.796. The third kappa shape index (κ3) is 3.59. The number of nitrogens with zero attached hydrogens (tertiary/aromatic N) is 4. The van der Waals surface area contributed by atoms with Crippen LogP contribution in [0.25, 0.3) is 0 Å². The average Bonchev–Trinajstić information content (AvgIpc) is 2.92. The first-order chi connectivity index (χ1) is 12.2. The van der Waals surface area contributed by atoms with Gasteiger partial charge in [-0.05, 0) is 42.7 Å². The number of hydrogen-bond acceptors (Lipinski definition) is 6. The van der Waals surface area contributed by atoms with Crippen molar-refractivity contribution in [3.05, 3.63) is 29.8 Å². The lowest BCUT2D eigenvalue weighted by atomic mass is 10.0. The summed E-state index contributed by atoms with van der Waals surface area (Å²) in [5.41, 5.74) is 2.27. The summed E-state index contributed by atoms with van der Waals surface area (Å²) in [5, 5.41) is 6.90. The molecule has 0 atom stereocenters. The van der Waals surface area contributed by atoms with Gasteiger partial charge in [0.2, 0.25) is 11.8 Å². The van der Waals surface area contributed by atoms with Gasteiger partial charge in [-0.1, -0.05) is 30.0 Å². The molecule has 0 radical (unpaired) electrons.